The molecule has 0 atom stereocenters. The number of ether oxygens (including phenoxy) is 3. The van der Waals surface area contributed by atoms with Crippen molar-refractivity contribution in [3.05, 3.63) is 48.0 Å². The molecular formula is C21H20O4. The van der Waals surface area contributed by atoms with Gasteiger partial charge in [0.25, 0.3) is 0 Å². The van der Waals surface area contributed by atoms with Crippen molar-refractivity contribution in [2.45, 2.75) is 19.4 Å². The van der Waals surface area contributed by atoms with Gasteiger partial charge in [0.2, 0.25) is 0 Å². The van der Waals surface area contributed by atoms with Gasteiger partial charge in [-0.2, -0.15) is 0 Å². The number of rotatable bonds is 3. The quantitative estimate of drug-likeness (QED) is 0.650. The molecule has 0 N–H and O–H groups in total. The predicted molar refractivity (Wildman–Crippen MR) is 98.5 cm³/mol. The Hall–Kier alpha value is -2.88. The van der Waals surface area contributed by atoms with E-state index in [4.69, 9.17) is 18.6 Å². The van der Waals surface area contributed by atoms with Crippen LogP contribution in [0, 0.1) is 0 Å². The average Bonchev–Trinajstić information content (AvgIpc) is 3.02. The van der Waals surface area contributed by atoms with E-state index in [1.165, 1.54) is 0 Å². The lowest BCUT2D eigenvalue weighted by atomic mass is 9.98. The zero-order valence-corrected chi connectivity index (χ0v) is 14.8. The van der Waals surface area contributed by atoms with Crippen molar-refractivity contribution >= 4 is 17.0 Å². The van der Waals surface area contributed by atoms with Gasteiger partial charge in [0.1, 0.15) is 34.2 Å². The number of fused-ring (bicyclic) bond motifs is 2. The van der Waals surface area contributed by atoms with Crippen LogP contribution in [0.3, 0.4) is 0 Å². The molecule has 0 spiro atoms. The fraction of sp³-hybridized carbons (Fsp3) is 0.238. The molecule has 1 aliphatic heterocycles. The Morgan fingerprint density at radius 3 is 2.56 bits per heavy atom. The highest BCUT2D eigenvalue weighted by Gasteiger charge is 2.26. The molecule has 0 radical (unpaired) electrons. The van der Waals surface area contributed by atoms with Crippen LogP contribution in [0.5, 0.6) is 17.2 Å². The average molecular weight is 336 g/mol. The predicted octanol–water partition coefficient (Wildman–Crippen LogP) is 5.30. The normalized spacial score (nSPS) is 14.9. The van der Waals surface area contributed by atoms with Crippen LogP contribution in [-0.4, -0.2) is 19.8 Å². The molecule has 0 amide bonds. The Bertz CT molecular complexity index is 979. The summed E-state index contributed by atoms with van der Waals surface area (Å²) in [5.74, 6) is 3.08. The maximum atomic E-state index is 6.05. The van der Waals surface area contributed by atoms with Crippen molar-refractivity contribution in [3.63, 3.8) is 0 Å². The maximum absolute atomic E-state index is 6.05. The van der Waals surface area contributed by atoms with E-state index in [0.717, 1.165) is 45.1 Å². The van der Waals surface area contributed by atoms with Crippen LogP contribution < -0.4 is 14.2 Å². The number of hydrogen-bond acceptors (Lipinski definition) is 4. The second-order valence-electron chi connectivity index (χ2n) is 6.61. The maximum Gasteiger partial charge on any atom is 0.140 e. The van der Waals surface area contributed by atoms with Crippen LogP contribution >= 0.6 is 0 Å². The highest BCUT2D eigenvalue weighted by molar-refractivity contribution is 5.87. The molecule has 0 bridgehead atoms. The van der Waals surface area contributed by atoms with Gasteiger partial charge in [0.05, 0.1) is 25.3 Å². The first-order valence-corrected chi connectivity index (χ1v) is 8.18. The van der Waals surface area contributed by atoms with E-state index < -0.39 is 0 Å². The van der Waals surface area contributed by atoms with Crippen molar-refractivity contribution < 1.29 is 18.6 Å². The largest absolute Gasteiger partial charge is 0.497 e. The topological polar surface area (TPSA) is 40.8 Å². The lowest BCUT2D eigenvalue weighted by Crippen LogP contribution is -2.27. The number of hydrogen-bond donors (Lipinski definition) is 0. The van der Waals surface area contributed by atoms with E-state index in [1.807, 2.05) is 62.4 Å². The van der Waals surface area contributed by atoms with Gasteiger partial charge < -0.3 is 18.6 Å². The Morgan fingerprint density at radius 1 is 0.960 bits per heavy atom. The van der Waals surface area contributed by atoms with Gasteiger partial charge in [-0.05, 0) is 56.3 Å². The monoisotopic (exact) mass is 336 g/mol. The third-order valence-electron chi connectivity index (χ3n) is 4.38. The lowest BCUT2D eigenvalue weighted by Gasteiger charge is -2.29. The minimum atomic E-state index is -0.324. The summed E-state index contributed by atoms with van der Waals surface area (Å²) in [4.78, 5) is 0. The van der Waals surface area contributed by atoms with E-state index in [2.05, 4.69) is 0 Å². The van der Waals surface area contributed by atoms with Crippen LogP contribution in [-0.2, 0) is 0 Å². The minimum Gasteiger partial charge on any atom is -0.497 e. The van der Waals surface area contributed by atoms with Crippen molar-refractivity contribution in [1.29, 1.82) is 0 Å². The van der Waals surface area contributed by atoms with E-state index >= 15 is 0 Å². The fourth-order valence-electron chi connectivity index (χ4n) is 3.11. The third-order valence-corrected chi connectivity index (χ3v) is 4.38. The highest BCUT2D eigenvalue weighted by atomic mass is 16.5. The Labute approximate surface area is 146 Å². The SMILES string of the molecule is COc1ccc2cc(-c3ccc4c(c3OC)C=CC(C)(C)O4)oc2c1. The molecule has 0 unspecified atom stereocenters. The van der Waals surface area contributed by atoms with Crippen LogP contribution in [0.1, 0.15) is 19.4 Å². The van der Waals surface area contributed by atoms with Gasteiger partial charge in [-0.15, -0.1) is 0 Å². The Morgan fingerprint density at radius 2 is 1.80 bits per heavy atom. The standard InChI is InChI=1S/C21H20O4/c1-21(2)10-9-16-17(25-21)8-7-15(20(16)23-4)19-11-13-5-6-14(22-3)12-18(13)24-19/h5-12H,1-4H3. The number of furan rings is 1. The van der Waals surface area contributed by atoms with Gasteiger partial charge in [0.15, 0.2) is 0 Å². The molecule has 3 aromatic rings. The second-order valence-corrected chi connectivity index (χ2v) is 6.61. The first kappa shape index (κ1) is 15.6. The van der Waals surface area contributed by atoms with E-state index in [1.54, 1.807) is 14.2 Å². The van der Waals surface area contributed by atoms with Gasteiger partial charge in [0, 0.05) is 11.5 Å². The van der Waals surface area contributed by atoms with Crippen molar-refractivity contribution in [3.8, 4) is 28.6 Å². The molecular weight excluding hydrogens is 316 g/mol. The molecule has 1 aliphatic rings. The molecule has 1 aromatic heterocycles. The summed E-state index contributed by atoms with van der Waals surface area (Å²) in [7, 11) is 3.31. The summed E-state index contributed by atoms with van der Waals surface area (Å²) in [5.41, 5.74) is 2.28. The van der Waals surface area contributed by atoms with Crippen LogP contribution in [0.2, 0.25) is 0 Å². The summed E-state index contributed by atoms with van der Waals surface area (Å²) in [5, 5.41) is 1.02. The molecule has 128 valence electrons. The third kappa shape index (κ3) is 2.64. The summed E-state index contributed by atoms with van der Waals surface area (Å²) in [6.45, 7) is 4.05. The van der Waals surface area contributed by atoms with Crippen LogP contribution in [0.15, 0.2) is 46.9 Å². The zero-order valence-electron chi connectivity index (χ0n) is 14.8. The minimum absolute atomic E-state index is 0.324. The molecule has 2 heterocycles. The number of methoxy groups -OCH3 is 2. The smallest absolute Gasteiger partial charge is 0.140 e. The first-order valence-electron chi connectivity index (χ1n) is 8.18. The molecule has 0 fully saturated rings. The Kier molecular flexibility index (Phi) is 3.49. The Balaban J connectivity index is 1.86. The van der Waals surface area contributed by atoms with Gasteiger partial charge in [-0.1, -0.05) is 0 Å². The molecule has 2 aromatic carbocycles. The second kappa shape index (κ2) is 5.59. The van der Waals surface area contributed by atoms with Crippen LogP contribution in [0.4, 0.5) is 0 Å². The number of benzene rings is 2. The lowest BCUT2D eigenvalue weighted by molar-refractivity contribution is 0.158. The summed E-state index contributed by atoms with van der Waals surface area (Å²) >= 11 is 0. The van der Waals surface area contributed by atoms with Crippen molar-refractivity contribution in [2.24, 2.45) is 0 Å². The zero-order chi connectivity index (χ0) is 17.6. The molecule has 4 rings (SSSR count). The van der Waals surface area contributed by atoms with Crippen molar-refractivity contribution in [1.82, 2.24) is 0 Å². The van der Waals surface area contributed by atoms with E-state index in [9.17, 15) is 0 Å². The molecule has 0 saturated heterocycles. The molecule has 4 nitrogen and oxygen atoms in total. The highest BCUT2D eigenvalue weighted by Crippen LogP contribution is 2.44. The molecule has 0 saturated carbocycles. The van der Waals surface area contributed by atoms with Crippen LogP contribution in [0.25, 0.3) is 28.4 Å². The molecule has 25 heavy (non-hydrogen) atoms. The first-order chi connectivity index (χ1) is 12.0. The van der Waals surface area contributed by atoms with Crippen molar-refractivity contribution in [2.75, 3.05) is 14.2 Å². The summed E-state index contributed by atoms with van der Waals surface area (Å²) in [6, 6.07) is 11.7. The summed E-state index contributed by atoms with van der Waals surface area (Å²) < 4.78 is 23.0. The van der Waals surface area contributed by atoms with E-state index in [0.29, 0.717) is 0 Å². The van der Waals surface area contributed by atoms with Gasteiger partial charge in [-0.3, -0.25) is 0 Å². The fourth-order valence-corrected chi connectivity index (χ4v) is 3.11. The molecule has 4 heteroatoms. The van der Waals surface area contributed by atoms with Gasteiger partial charge in [-0.25, -0.2) is 0 Å². The summed E-state index contributed by atoms with van der Waals surface area (Å²) in [6.07, 6.45) is 4.08. The van der Waals surface area contributed by atoms with Gasteiger partial charge >= 0.3 is 0 Å². The van der Waals surface area contributed by atoms with E-state index in [-0.39, 0.29) is 5.60 Å². The molecule has 0 aliphatic carbocycles.